The van der Waals surface area contributed by atoms with Crippen LogP contribution < -0.4 is 10.6 Å². The molecule has 0 spiro atoms. The number of hydrogen-bond acceptors (Lipinski definition) is 12. The van der Waals surface area contributed by atoms with Crippen LogP contribution in [-0.4, -0.2) is 69.3 Å². The number of H-pyrrole nitrogens is 3. The fourth-order valence-electron chi connectivity index (χ4n) is 9.26. The molecular formula is C60H51F2N13S2. The topological polar surface area (TPSA) is 165 Å². The van der Waals surface area contributed by atoms with E-state index in [0.29, 0.717) is 17.9 Å². The van der Waals surface area contributed by atoms with Crippen molar-refractivity contribution in [3.8, 4) is 54.9 Å². The molecule has 9 aromatic heterocycles. The number of nitrogens with zero attached hydrogens (tertiary/aromatic N) is 8. The highest BCUT2D eigenvalue weighted by molar-refractivity contribution is 7.14. The highest BCUT2D eigenvalue weighted by atomic mass is 32.1. The van der Waals surface area contributed by atoms with E-state index in [1.54, 1.807) is 12.3 Å². The highest BCUT2D eigenvalue weighted by Gasteiger charge is 2.22. The Bertz CT molecular complexity index is 4110. The number of anilines is 2. The first kappa shape index (κ1) is 50.1. The van der Waals surface area contributed by atoms with Gasteiger partial charge in [0.05, 0.1) is 51.0 Å². The van der Waals surface area contributed by atoms with Crippen molar-refractivity contribution in [2.45, 2.75) is 33.2 Å². The molecule has 1 aliphatic rings. The van der Waals surface area contributed by atoms with Crippen LogP contribution in [-0.2, 0) is 19.4 Å². The minimum absolute atomic E-state index is 0.184. The number of benzene rings is 3. The van der Waals surface area contributed by atoms with Gasteiger partial charge in [0.2, 0.25) is 0 Å². The number of rotatable bonds is 12. The van der Waals surface area contributed by atoms with E-state index in [-0.39, 0.29) is 10.3 Å². The average molecular weight is 1060 g/mol. The lowest BCUT2D eigenvalue weighted by Crippen LogP contribution is -2.10. The van der Waals surface area contributed by atoms with E-state index in [4.69, 9.17) is 15.0 Å². The fourth-order valence-corrected chi connectivity index (χ4v) is 10.8. The van der Waals surface area contributed by atoms with E-state index in [9.17, 15) is 8.78 Å². The summed E-state index contributed by atoms with van der Waals surface area (Å²) in [6, 6.07) is 40.8. The summed E-state index contributed by atoms with van der Waals surface area (Å²) in [7, 11) is 4.06. The highest BCUT2D eigenvalue weighted by Crippen LogP contribution is 2.39. The number of hydrogen-bond donors (Lipinski definition) is 5. The molecule has 0 atom stereocenters. The van der Waals surface area contributed by atoms with E-state index in [2.05, 4.69) is 81.7 Å². The van der Waals surface area contributed by atoms with Crippen molar-refractivity contribution in [1.82, 2.24) is 55.2 Å². The van der Waals surface area contributed by atoms with Crippen LogP contribution in [0.25, 0.3) is 93.7 Å². The Labute approximate surface area is 450 Å². The van der Waals surface area contributed by atoms with Gasteiger partial charge in [0.15, 0.2) is 21.8 Å². The summed E-state index contributed by atoms with van der Waals surface area (Å²) in [5.41, 5.74) is 18.6. The molecule has 0 amide bonds. The minimum Gasteiger partial charge on any atom is -0.358 e. The van der Waals surface area contributed by atoms with E-state index in [0.717, 1.165) is 152 Å². The first-order valence-electron chi connectivity index (χ1n) is 25.0. The van der Waals surface area contributed by atoms with Crippen molar-refractivity contribution in [3.05, 3.63) is 203 Å². The molecule has 12 aromatic rings. The second-order valence-corrected chi connectivity index (χ2v) is 20.3. The Morgan fingerprint density at radius 2 is 1.29 bits per heavy atom. The SMILES string of the molecule is C=C(Cc1ccccc1)Nc1cncc(-c2ccc3[nH]nc(C4=CCc5c(cccc5-c5ccc(F)s5)N4)c3n2)c1.CC.CN(C)Cc1cncc(-c2ccc3[nH]nc(-c4nc5c(-c6ccc(F)s6)cccc5[nH]4)c3n2)c1. The van der Waals surface area contributed by atoms with Crippen LogP contribution in [0.3, 0.4) is 0 Å². The van der Waals surface area contributed by atoms with Gasteiger partial charge in [0, 0.05) is 69.4 Å². The molecule has 3 aromatic carbocycles. The summed E-state index contributed by atoms with van der Waals surface area (Å²) in [4.78, 5) is 30.8. The standard InChI is InChI=1S/C33H25FN6S.C25H20FN7S.C2H6/c1-20(16-21-6-3-2-4-7-21)36-23-17-22(18-35-19-23)26-12-13-29-32(38-26)33(40-39-29)28-11-10-24-25(8-5-9-27(24)37-28)30-14-15-31(34)41-30;1-33(2)13-14-10-15(12-27-11-14)17-6-7-19-23(28-17)24(32-31-19)25-29-18-5-3-4-16(22(18)30-25)20-8-9-21(26)34-20;1-2/h2-9,11-15,17-19,36-37H,1,10,16H2,(H,39,40);3-12H,13H2,1-2H3,(H,29,30)(H,31,32);1-2H3. The smallest absolute Gasteiger partial charge is 0.176 e. The number of thiophene rings is 2. The van der Waals surface area contributed by atoms with Crippen LogP contribution in [0.4, 0.5) is 20.2 Å². The largest absolute Gasteiger partial charge is 0.358 e. The van der Waals surface area contributed by atoms with Crippen molar-refractivity contribution in [1.29, 1.82) is 0 Å². The van der Waals surface area contributed by atoms with E-state index >= 15 is 0 Å². The van der Waals surface area contributed by atoms with Gasteiger partial charge in [0.1, 0.15) is 16.7 Å². The Balaban J connectivity index is 0.000000161. The maximum absolute atomic E-state index is 13.7. The second kappa shape index (κ2) is 22.0. The predicted octanol–water partition coefficient (Wildman–Crippen LogP) is 14.6. The van der Waals surface area contributed by atoms with Crippen LogP contribution in [0.5, 0.6) is 0 Å². The normalized spacial score (nSPS) is 11.9. The zero-order valence-electron chi connectivity index (χ0n) is 42.5. The van der Waals surface area contributed by atoms with Crippen molar-refractivity contribution in [3.63, 3.8) is 0 Å². The molecule has 10 heterocycles. The average Bonchev–Trinajstić information content (AvgIpc) is 4.37. The maximum Gasteiger partial charge on any atom is 0.176 e. The van der Waals surface area contributed by atoms with Gasteiger partial charge in [0.25, 0.3) is 0 Å². The molecule has 0 aliphatic carbocycles. The van der Waals surface area contributed by atoms with E-state index in [1.807, 2.05) is 138 Å². The van der Waals surface area contributed by atoms with Gasteiger partial charge in [-0.05, 0) is 116 Å². The van der Waals surface area contributed by atoms with Crippen molar-refractivity contribution >= 4 is 72.8 Å². The van der Waals surface area contributed by atoms with Crippen LogP contribution in [0.2, 0.25) is 0 Å². The van der Waals surface area contributed by atoms with Crippen molar-refractivity contribution < 1.29 is 8.78 Å². The fraction of sp³-hybridized carbons (Fsp3) is 0.117. The third kappa shape index (κ3) is 10.8. The summed E-state index contributed by atoms with van der Waals surface area (Å²) in [6.45, 7) is 8.99. The molecule has 0 radical (unpaired) electrons. The number of para-hydroxylation sites is 1. The minimum atomic E-state index is -0.220. The maximum atomic E-state index is 13.7. The van der Waals surface area contributed by atoms with Gasteiger partial charge in [-0.25, -0.2) is 15.0 Å². The van der Waals surface area contributed by atoms with Gasteiger partial charge in [-0.15, -0.1) is 22.7 Å². The number of aromatic amines is 3. The number of allylic oxidation sites excluding steroid dienone is 2. The molecule has 0 bridgehead atoms. The molecular weight excluding hydrogens is 1000 g/mol. The Morgan fingerprint density at radius 3 is 1.99 bits per heavy atom. The zero-order chi connectivity index (χ0) is 53.0. The zero-order valence-corrected chi connectivity index (χ0v) is 44.1. The molecule has 13 rings (SSSR count). The summed E-state index contributed by atoms with van der Waals surface area (Å²) in [5, 5.41) is 21.8. The van der Waals surface area contributed by atoms with Gasteiger partial charge < -0.3 is 20.5 Å². The lowest BCUT2D eigenvalue weighted by molar-refractivity contribution is 0.402. The molecule has 17 heteroatoms. The van der Waals surface area contributed by atoms with Crippen LogP contribution in [0, 0.1) is 10.3 Å². The Kier molecular flexibility index (Phi) is 14.4. The molecule has 0 unspecified atom stereocenters. The van der Waals surface area contributed by atoms with Crippen LogP contribution in [0.1, 0.15) is 36.2 Å². The molecule has 0 saturated heterocycles. The molecule has 13 nitrogen and oxygen atoms in total. The van der Waals surface area contributed by atoms with E-state index < -0.39 is 0 Å². The van der Waals surface area contributed by atoms with Crippen molar-refractivity contribution in [2.75, 3.05) is 24.7 Å². The van der Waals surface area contributed by atoms with Gasteiger partial charge in [-0.3, -0.25) is 20.2 Å². The third-order valence-corrected chi connectivity index (χ3v) is 14.5. The summed E-state index contributed by atoms with van der Waals surface area (Å²) in [6.07, 6.45) is 10.8. The quantitative estimate of drug-likeness (QED) is 0.0795. The number of nitrogens with one attached hydrogen (secondary N) is 5. The van der Waals surface area contributed by atoms with Gasteiger partial charge in [-0.1, -0.05) is 81.1 Å². The predicted molar refractivity (Wildman–Crippen MR) is 309 cm³/mol. The number of imidazole rings is 1. The molecule has 0 fully saturated rings. The lowest BCUT2D eigenvalue weighted by atomic mass is 9.97. The lowest BCUT2D eigenvalue weighted by Gasteiger charge is -2.21. The number of aromatic nitrogens is 10. The second-order valence-electron chi connectivity index (χ2n) is 18.3. The summed E-state index contributed by atoms with van der Waals surface area (Å²) < 4.78 is 27.4. The monoisotopic (exact) mass is 1060 g/mol. The number of fused-ring (bicyclic) bond motifs is 4. The third-order valence-electron chi connectivity index (χ3n) is 12.6. The summed E-state index contributed by atoms with van der Waals surface area (Å²) >= 11 is 2.27. The molecule has 382 valence electrons. The first-order valence-corrected chi connectivity index (χ1v) is 26.6. The first-order chi connectivity index (χ1) is 37.6. The Morgan fingerprint density at radius 1 is 0.636 bits per heavy atom. The summed E-state index contributed by atoms with van der Waals surface area (Å²) in [5.74, 6) is 0.606. The molecule has 77 heavy (non-hydrogen) atoms. The number of halogens is 2. The Hall–Kier alpha value is -9.03. The van der Waals surface area contributed by atoms with Gasteiger partial charge in [-0.2, -0.15) is 19.0 Å². The van der Waals surface area contributed by atoms with Crippen LogP contribution in [0.15, 0.2) is 171 Å². The van der Waals surface area contributed by atoms with Gasteiger partial charge >= 0.3 is 0 Å². The van der Waals surface area contributed by atoms with E-state index in [1.165, 1.54) is 17.7 Å². The number of pyridine rings is 4. The van der Waals surface area contributed by atoms with Crippen molar-refractivity contribution in [2.24, 2.45) is 0 Å². The molecule has 5 N–H and O–H groups in total. The molecule has 1 aliphatic heterocycles. The van der Waals surface area contributed by atoms with Crippen LogP contribution >= 0.6 is 22.7 Å². The molecule has 0 saturated carbocycles.